The van der Waals surface area contributed by atoms with Crippen LogP contribution in [-0.4, -0.2) is 19.8 Å². The van der Waals surface area contributed by atoms with Crippen LogP contribution in [0.25, 0.3) is 26.9 Å². The Hall–Kier alpha value is -1.57. The number of benzene rings is 1. The molecule has 0 aliphatic heterocycles. The van der Waals surface area contributed by atoms with Gasteiger partial charge in [0, 0.05) is 21.0 Å². The normalized spacial score (nSPS) is 11.2. The highest BCUT2D eigenvalue weighted by Gasteiger charge is 2.14. The van der Waals surface area contributed by atoms with Crippen molar-refractivity contribution in [3.05, 3.63) is 45.6 Å². The molecule has 0 N–H and O–H groups in total. The van der Waals surface area contributed by atoms with Crippen molar-refractivity contribution in [1.29, 1.82) is 0 Å². The van der Waals surface area contributed by atoms with Crippen molar-refractivity contribution in [2.24, 2.45) is 0 Å². The van der Waals surface area contributed by atoms with E-state index in [0.717, 1.165) is 31.4 Å². The highest BCUT2D eigenvalue weighted by atomic mass is 79.9. The van der Waals surface area contributed by atoms with Crippen molar-refractivity contribution in [3.63, 3.8) is 0 Å². The molecule has 0 fully saturated rings. The molecule has 20 heavy (non-hydrogen) atoms. The standard InChI is InChI=1S/C13H7BrN4S2/c14-10-3-1-8(2-4-10)12-17-18-11(9-5-6-19-7-9)15-16-13(18)20-12/h1-7H. The molecule has 4 nitrogen and oxygen atoms in total. The SMILES string of the molecule is Brc1ccc(-c2nn3c(-c4ccsc4)nnc3s2)cc1. The molecular formula is C13H7BrN4S2. The molecule has 0 saturated heterocycles. The minimum atomic E-state index is 0.792. The second kappa shape index (κ2) is 4.76. The Morgan fingerprint density at radius 1 is 1.00 bits per heavy atom. The Morgan fingerprint density at radius 2 is 1.85 bits per heavy atom. The predicted octanol–water partition coefficient (Wildman–Crippen LogP) is 4.34. The van der Waals surface area contributed by atoms with Gasteiger partial charge in [0.25, 0.3) is 0 Å². The van der Waals surface area contributed by atoms with Crippen LogP contribution in [0.5, 0.6) is 0 Å². The first-order chi connectivity index (χ1) is 9.81. The summed E-state index contributed by atoms with van der Waals surface area (Å²) in [5.41, 5.74) is 2.13. The molecule has 0 amide bonds. The number of nitrogens with zero attached hydrogens (tertiary/aromatic N) is 4. The van der Waals surface area contributed by atoms with E-state index in [9.17, 15) is 0 Å². The van der Waals surface area contributed by atoms with E-state index in [1.807, 2.05) is 40.2 Å². The summed E-state index contributed by atoms with van der Waals surface area (Å²) in [7, 11) is 0. The number of hydrogen-bond acceptors (Lipinski definition) is 5. The third-order valence-corrected chi connectivity index (χ3v) is 5.02. The molecule has 0 unspecified atom stereocenters. The minimum absolute atomic E-state index is 0.792. The highest BCUT2D eigenvalue weighted by molar-refractivity contribution is 9.10. The van der Waals surface area contributed by atoms with E-state index in [4.69, 9.17) is 0 Å². The number of fused-ring (bicyclic) bond motifs is 1. The van der Waals surface area contributed by atoms with E-state index in [2.05, 4.69) is 36.6 Å². The van der Waals surface area contributed by atoms with Crippen molar-refractivity contribution in [2.45, 2.75) is 0 Å². The fourth-order valence-corrected chi connectivity index (χ4v) is 3.64. The van der Waals surface area contributed by atoms with Crippen LogP contribution in [0.3, 0.4) is 0 Å². The van der Waals surface area contributed by atoms with Gasteiger partial charge in [0.15, 0.2) is 5.82 Å². The van der Waals surface area contributed by atoms with Gasteiger partial charge in [-0.3, -0.25) is 0 Å². The van der Waals surface area contributed by atoms with E-state index in [0.29, 0.717) is 0 Å². The lowest BCUT2D eigenvalue weighted by Crippen LogP contribution is -1.89. The van der Waals surface area contributed by atoms with Gasteiger partial charge in [-0.05, 0) is 23.6 Å². The fraction of sp³-hybridized carbons (Fsp3) is 0. The summed E-state index contributed by atoms with van der Waals surface area (Å²) in [6.07, 6.45) is 0. The first-order valence-corrected chi connectivity index (χ1v) is 8.37. The Labute approximate surface area is 130 Å². The monoisotopic (exact) mass is 362 g/mol. The van der Waals surface area contributed by atoms with Gasteiger partial charge in [0.2, 0.25) is 4.96 Å². The number of halogens is 1. The molecule has 0 spiro atoms. The third-order valence-electron chi connectivity index (χ3n) is 2.86. The Morgan fingerprint density at radius 3 is 2.60 bits per heavy atom. The highest BCUT2D eigenvalue weighted by Crippen LogP contribution is 2.29. The summed E-state index contributed by atoms with van der Waals surface area (Å²) in [5.74, 6) is 0.792. The molecule has 7 heteroatoms. The van der Waals surface area contributed by atoms with Gasteiger partial charge in [0.1, 0.15) is 5.01 Å². The smallest absolute Gasteiger partial charge is 0.182 e. The molecule has 4 aromatic rings. The van der Waals surface area contributed by atoms with Gasteiger partial charge in [-0.25, -0.2) is 0 Å². The first-order valence-electron chi connectivity index (χ1n) is 5.82. The van der Waals surface area contributed by atoms with E-state index in [1.54, 1.807) is 22.7 Å². The first kappa shape index (κ1) is 12.2. The van der Waals surface area contributed by atoms with Crippen LogP contribution in [-0.2, 0) is 0 Å². The maximum absolute atomic E-state index is 4.63. The summed E-state index contributed by atoms with van der Waals surface area (Å²) in [4.78, 5) is 0.809. The van der Waals surface area contributed by atoms with Gasteiger partial charge >= 0.3 is 0 Å². The van der Waals surface area contributed by atoms with Crippen LogP contribution in [0.2, 0.25) is 0 Å². The molecule has 0 aliphatic rings. The van der Waals surface area contributed by atoms with Crippen molar-refractivity contribution >= 4 is 43.6 Å². The van der Waals surface area contributed by atoms with Gasteiger partial charge < -0.3 is 0 Å². The van der Waals surface area contributed by atoms with E-state index in [1.165, 1.54) is 0 Å². The van der Waals surface area contributed by atoms with Crippen molar-refractivity contribution in [3.8, 4) is 22.0 Å². The summed E-state index contributed by atoms with van der Waals surface area (Å²) in [6.45, 7) is 0. The molecule has 98 valence electrons. The molecular weight excluding hydrogens is 356 g/mol. The van der Waals surface area contributed by atoms with Gasteiger partial charge in [0.05, 0.1) is 0 Å². The second-order valence-electron chi connectivity index (χ2n) is 4.14. The van der Waals surface area contributed by atoms with Crippen LogP contribution in [0.15, 0.2) is 45.6 Å². The molecule has 0 saturated carbocycles. The van der Waals surface area contributed by atoms with Gasteiger partial charge in [-0.2, -0.15) is 21.0 Å². The van der Waals surface area contributed by atoms with Gasteiger partial charge in [-0.1, -0.05) is 39.4 Å². The lowest BCUT2D eigenvalue weighted by atomic mass is 10.2. The van der Waals surface area contributed by atoms with Crippen molar-refractivity contribution < 1.29 is 0 Å². The zero-order chi connectivity index (χ0) is 13.5. The molecule has 4 rings (SSSR count). The lowest BCUT2D eigenvalue weighted by Gasteiger charge is -1.95. The Bertz CT molecular complexity index is 862. The fourth-order valence-electron chi connectivity index (χ4n) is 1.90. The quantitative estimate of drug-likeness (QED) is 0.532. The second-order valence-corrected chi connectivity index (χ2v) is 6.80. The topological polar surface area (TPSA) is 43.1 Å². The van der Waals surface area contributed by atoms with Gasteiger partial charge in [-0.15, -0.1) is 10.2 Å². The average molecular weight is 363 g/mol. The molecule has 0 bridgehead atoms. The zero-order valence-electron chi connectivity index (χ0n) is 10.0. The van der Waals surface area contributed by atoms with E-state index < -0.39 is 0 Å². The summed E-state index contributed by atoms with van der Waals surface area (Å²) in [5, 5.41) is 18.1. The third kappa shape index (κ3) is 1.98. The number of hydrogen-bond donors (Lipinski definition) is 0. The molecule has 1 aromatic carbocycles. The predicted molar refractivity (Wildman–Crippen MR) is 85.1 cm³/mol. The summed E-state index contributed by atoms with van der Waals surface area (Å²) in [6, 6.07) is 10.1. The number of aromatic nitrogens is 4. The average Bonchev–Trinajstić information content (AvgIpc) is 3.15. The van der Waals surface area contributed by atoms with E-state index in [-0.39, 0.29) is 0 Å². The largest absolute Gasteiger partial charge is 0.235 e. The van der Waals surface area contributed by atoms with Crippen LogP contribution in [0, 0.1) is 0 Å². The zero-order valence-corrected chi connectivity index (χ0v) is 13.2. The van der Waals surface area contributed by atoms with Crippen LogP contribution < -0.4 is 0 Å². The van der Waals surface area contributed by atoms with Crippen LogP contribution in [0.1, 0.15) is 0 Å². The van der Waals surface area contributed by atoms with Crippen molar-refractivity contribution in [2.75, 3.05) is 0 Å². The maximum atomic E-state index is 4.63. The Kier molecular flexibility index (Phi) is 2.90. The van der Waals surface area contributed by atoms with Crippen LogP contribution in [0.4, 0.5) is 0 Å². The molecule has 0 atom stereocenters. The summed E-state index contributed by atoms with van der Waals surface area (Å²) >= 11 is 6.62. The maximum Gasteiger partial charge on any atom is 0.235 e. The number of rotatable bonds is 2. The molecule has 3 aromatic heterocycles. The summed E-state index contributed by atoms with van der Waals surface area (Å²) < 4.78 is 2.87. The minimum Gasteiger partial charge on any atom is -0.182 e. The molecule has 0 radical (unpaired) electrons. The molecule has 0 aliphatic carbocycles. The van der Waals surface area contributed by atoms with Crippen molar-refractivity contribution in [1.82, 2.24) is 19.8 Å². The lowest BCUT2D eigenvalue weighted by molar-refractivity contribution is 0.971. The molecule has 3 heterocycles. The van der Waals surface area contributed by atoms with E-state index >= 15 is 0 Å². The number of thiophene rings is 1. The Balaban J connectivity index is 1.85. The van der Waals surface area contributed by atoms with Crippen LogP contribution >= 0.6 is 38.6 Å².